The minimum Gasteiger partial charge on any atom is -0.495 e. The summed E-state index contributed by atoms with van der Waals surface area (Å²) in [5, 5.41) is 9.07. The first-order valence-corrected chi connectivity index (χ1v) is 6.42. The molecular weight excluding hydrogens is 310 g/mol. The van der Waals surface area contributed by atoms with E-state index in [1.54, 1.807) is 32.0 Å². The van der Waals surface area contributed by atoms with Crippen molar-refractivity contribution in [2.24, 2.45) is 0 Å². The van der Waals surface area contributed by atoms with Gasteiger partial charge < -0.3 is 9.47 Å². The maximum absolute atomic E-state index is 12.0. The predicted octanol–water partition coefficient (Wildman–Crippen LogP) is 3.01. The maximum atomic E-state index is 12.0. The second-order valence-corrected chi connectivity index (χ2v) is 5.40. The van der Waals surface area contributed by atoms with Crippen molar-refractivity contribution in [2.75, 3.05) is 7.11 Å². The van der Waals surface area contributed by atoms with Gasteiger partial charge in [-0.05, 0) is 48.0 Å². The molecule has 0 radical (unpaired) electrons. The first kappa shape index (κ1) is 13.6. The molecule has 1 aliphatic heterocycles. The molecule has 1 aromatic carbocycles. The Balaban J connectivity index is 2.50. The summed E-state index contributed by atoms with van der Waals surface area (Å²) in [6.07, 6.45) is 0. The summed E-state index contributed by atoms with van der Waals surface area (Å²) in [5.74, 6) is 0.831. The number of carbonyl (C=O) groups excluding carboxylic acids is 1. The van der Waals surface area contributed by atoms with Gasteiger partial charge in [-0.15, -0.1) is 0 Å². The molecule has 0 saturated carbocycles. The topological polar surface area (TPSA) is 59.3 Å². The van der Waals surface area contributed by atoms with Gasteiger partial charge in [0.2, 0.25) is 5.78 Å². The molecule has 98 valence electrons. The van der Waals surface area contributed by atoms with Crippen molar-refractivity contribution in [1.82, 2.24) is 0 Å². The number of rotatable bonds is 2. The normalized spacial score (nSPS) is 17.1. The monoisotopic (exact) mass is 321 g/mol. The fourth-order valence-electron chi connectivity index (χ4n) is 1.84. The number of ether oxygens (including phenoxy) is 2. The van der Waals surface area contributed by atoms with E-state index in [0.717, 1.165) is 0 Å². The van der Waals surface area contributed by atoms with Crippen molar-refractivity contribution >= 4 is 27.5 Å². The molecule has 1 heterocycles. The highest BCUT2D eigenvalue weighted by molar-refractivity contribution is 9.12. The second-order valence-electron chi connectivity index (χ2n) is 4.61. The van der Waals surface area contributed by atoms with Crippen LogP contribution in [0.2, 0.25) is 0 Å². The van der Waals surface area contributed by atoms with Gasteiger partial charge in [0.05, 0.1) is 12.7 Å². The molecule has 0 amide bonds. The van der Waals surface area contributed by atoms with E-state index in [-0.39, 0.29) is 5.78 Å². The minimum atomic E-state index is -0.888. The van der Waals surface area contributed by atoms with Gasteiger partial charge in [0.1, 0.15) is 22.1 Å². The third kappa shape index (κ3) is 2.24. The third-order valence-corrected chi connectivity index (χ3v) is 3.61. The smallest absolute Gasteiger partial charge is 0.216 e. The van der Waals surface area contributed by atoms with Gasteiger partial charge in [-0.25, -0.2) is 0 Å². The number of ketones is 1. The van der Waals surface area contributed by atoms with Crippen molar-refractivity contribution in [3.05, 3.63) is 33.8 Å². The summed E-state index contributed by atoms with van der Waals surface area (Å²) >= 11 is 3.26. The van der Waals surface area contributed by atoms with E-state index in [2.05, 4.69) is 22.0 Å². The summed E-state index contributed by atoms with van der Waals surface area (Å²) in [6, 6.07) is 7.13. The lowest BCUT2D eigenvalue weighted by Crippen LogP contribution is -2.28. The zero-order chi connectivity index (χ0) is 14.2. The number of hydrogen-bond acceptors (Lipinski definition) is 4. The molecule has 4 nitrogen and oxygen atoms in total. The third-order valence-electron chi connectivity index (χ3n) is 2.88. The number of halogens is 1. The van der Waals surface area contributed by atoms with Crippen LogP contribution in [0, 0.1) is 11.3 Å². The van der Waals surface area contributed by atoms with Crippen molar-refractivity contribution < 1.29 is 14.3 Å². The first-order valence-electron chi connectivity index (χ1n) is 5.63. The summed E-state index contributed by atoms with van der Waals surface area (Å²) in [4.78, 5) is 12.0. The molecule has 5 heteroatoms. The lowest BCUT2D eigenvalue weighted by molar-refractivity contribution is -0.125. The molecule has 0 saturated heterocycles. The Morgan fingerprint density at radius 1 is 1.42 bits per heavy atom. The standard InChI is InChI=1S/C14H12BrNO3/c1-14(2)13(17)11(15)12(19-14)8-4-5-10(18-3)9(6-8)7-16/h4-6H,1-3H3. The number of benzene rings is 1. The van der Waals surface area contributed by atoms with Crippen LogP contribution in [0.25, 0.3) is 5.76 Å². The molecule has 0 aromatic heterocycles. The Labute approximate surface area is 119 Å². The van der Waals surface area contributed by atoms with Gasteiger partial charge in [-0.1, -0.05) is 0 Å². The first-order chi connectivity index (χ1) is 8.90. The average molecular weight is 322 g/mol. The highest BCUT2D eigenvalue weighted by Crippen LogP contribution is 2.39. The van der Waals surface area contributed by atoms with E-state index in [1.807, 2.05) is 0 Å². The molecule has 0 atom stereocenters. The van der Waals surface area contributed by atoms with Gasteiger partial charge >= 0.3 is 0 Å². The molecule has 0 bridgehead atoms. The van der Waals surface area contributed by atoms with Crippen LogP contribution in [0.3, 0.4) is 0 Å². The minimum absolute atomic E-state index is 0.114. The van der Waals surface area contributed by atoms with Crippen molar-refractivity contribution in [3.8, 4) is 11.8 Å². The van der Waals surface area contributed by atoms with E-state index in [0.29, 0.717) is 27.1 Å². The predicted molar refractivity (Wildman–Crippen MR) is 73.7 cm³/mol. The molecule has 0 unspecified atom stereocenters. The molecule has 0 spiro atoms. The van der Waals surface area contributed by atoms with Crippen molar-refractivity contribution in [1.29, 1.82) is 5.26 Å². The Hall–Kier alpha value is -1.80. The molecule has 19 heavy (non-hydrogen) atoms. The molecule has 2 rings (SSSR count). The molecule has 0 fully saturated rings. The van der Waals surface area contributed by atoms with Crippen LogP contribution in [0.5, 0.6) is 5.75 Å². The van der Waals surface area contributed by atoms with Crippen LogP contribution in [-0.4, -0.2) is 18.5 Å². The summed E-state index contributed by atoms with van der Waals surface area (Å²) in [6.45, 7) is 3.41. The summed E-state index contributed by atoms with van der Waals surface area (Å²) in [7, 11) is 1.50. The van der Waals surface area contributed by atoms with Crippen LogP contribution >= 0.6 is 15.9 Å². The van der Waals surface area contributed by atoms with Crippen LogP contribution < -0.4 is 4.74 Å². The molecule has 0 N–H and O–H groups in total. The van der Waals surface area contributed by atoms with E-state index >= 15 is 0 Å². The lowest BCUT2D eigenvalue weighted by atomic mass is 10.1. The molecule has 1 aliphatic rings. The van der Waals surface area contributed by atoms with Gasteiger partial charge in [0, 0.05) is 5.56 Å². The number of carbonyl (C=O) groups is 1. The quantitative estimate of drug-likeness (QED) is 0.840. The van der Waals surface area contributed by atoms with E-state index in [9.17, 15) is 4.79 Å². The Morgan fingerprint density at radius 3 is 2.58 bits per heavy atom. The fourth-order valence-corrected chi connectivity index (χ4v) is 2.62. The summed E-state index contributed by atoms with van der Waals surface area (Å²) in [5.41, 5.74) is 0.178. The SMILES string of the molecule is COc1ccc(C2=C(Br)C(=O)C(C)(C)O2)cc1C#N. The second kappa shape index (κ2) is 4.71. The highest BCUT2D eigenvalue weighted by Gasteiger charge is 2.41. The van der Waals surface area contributed by atoms with Gasteiger partial charge in [0.25, 0.3) is 0 Å². The van der Waals surface area contributed by atoms with Crippen LogP contribution in [0.15, 0.2) is 22.7 Å². The van der Waals surface area contributed by atoms with Gasteiger partial charge in [-0.2, -0.15) is 5.26 Å². The lowest BCUT2D eigenvalue weighted by Gasteiger charge is -2.18. The molecule has 1 aromatic rings. The zero-order valence-corrected chi connectivity index (χ0v) is 12.4. The largest absolute Gasteiger partial charge is 0.495 e. The van der Waals surface area contributed by atoms with Crippen LogP contribution in [0.1, 0.15) is 25.0 Å². The Kier molecular flexibility index (Phi) is 3.38. The number of nitrogens with zero attached hydrogens (tertiary/aromatic N) is 1. The van der Waals surface area contributed by atoms with Crippen molar-refractivity contribution in [3.63, 3.8) is 0 Å². The van der Waals surface area contributed by atoms with Crippen LogP contribution in [0.4, 0.5) is 0 Å². The number of nitriles is 1. The Morgan fingerprint density at radius 2 is 2.11 bits per heavy atom. The van der Waals surface area contributed by atoms with E-state index in [4.69, 9.17) is 14.7 Å². The summed E-state index contributed by atoms with van der Waals surface area (Å²) < 4.78 is 11.1. The van der Waals surface area contributed by atoms with Crippen molar-refractivity contribution in [2.45, 2.75) is 19.4 Å². The average Bonchev–Trinajstić information content (AvgIpc) is 2.61. The molecular formula is C14H12BrNO3. The van der Waals surface area contributed by atoms with E-state index in [1.165, 1.54) is 7.11 Å². The van der Waals surface area contributed by atoms with Gasteiger partial charge in [-0.3, -0.25) is 4.79 Å². The zero-order valence-electron chi connectivity index (χ0n) is 10.8. The highest BCUT2D eigenvalue weighted by atomic mass is 79.9. The van der Waals surface area contributed by atoms with Crippen LogP contribution in [-0.2, 0) is 9.53 Å². The molecule has 0 aliphatic carbocycles. The van der Waals surface area contributed by atoms with Gasteiger partial charge in [0.15, 0.2) is 5.60 Å². The van der Waals surface area contributed by atoms with E-state index < -0.39 is 5.60 Å². The maximum Gasteiger partial charge on any atom is 0.216 e. The number of Topliss-reactive ketones (excluding diaryl/α,β-unsaturated/α-hetero) is 1. The fraction of sp³-hybridized carbons (Fsp3) is 0.286. The number of methoxy groups -OCH3 is 1. The number of hydrogen-bond donors (Lipinski definition) is 0. The Bertz CT molecular complexity index is 626.